The van der Waals surface area contributed by atoms with Crippen LogP contribution in [0.15, 0.2) is 16.6 Å². The van der Waals surface area contributed by atoms with Crippen LogP contribution in [0.1, 0.15) is 12.5 Å². The van der Waals surface area contributed by atoms with Crippen LogP contribution >= 0.6 is 15.9 Å². The van der Waals surface area contributed by atoms with Crippen molar-refractivity contribution in [2.45, 2.75) is 19.9 Å². The minimum absolute atomic E-state index is 0.00889. The molecule has 0 heterocycles. The molecule has 0 aliphatic heterocycles. The Balaban J connectivity index is 3.08. The number of nitro benzene ring substituents is 1. The number of hydrogen-bond acceptors (Lipinski definition) is 4. The smallest absolute Gasteiger partial charge is 0.325 e. The zero-order valence-electron chi connectivity index (χ0n) is 9.23. The number of halogens is 1. The number of carbonyl (C=O) groups is 1. The summed E-state index contributed by atoms with van der Waals surface area (Å²) in [6.07, 6.45) is 0. The lowest BCUT2D eigenvalue weighted by Crippen LogP contribution is -2.25. The Labute approximate surface area is 106 Å². The molecule has 0 saturated carbocycles. The van der Waals surface area contributed by atoms with Gasteiger partial charge in [-0.2, -0.15) is 0 Å². The van der Waals surface area contributed by atoms with Gasteiger partial charge >= 0.3 is 5.97 Å². The molecule has 1 rings (SSSR count). The number of aryl methyl sites for hydroxylation is 1. The van der Waals surface area contributed by atoms with Gasteiger partial charge in [-0.25, -0.2) is 0 Å². The molecule has 1 aromatic rings. The summed E-state index contributed by atoms with van der Waals surface area (Å²) in [7, 11) is 0. The maximum absolute atomic E-state index is 10.7. The zero-order valence-corrected chi connectivity index (χ0v) is 10.8. The van der Waals surface area contributed by atoms with Gasteiger partial charge in [0, 0.05) is 21.8 Å². The number of anilines is 1. The fourth-order valence-corrected chi connectivity index (χ4v) is 1.72. The Kier molecular flexibility index (Phi) is 4.06. The second-order valence-electron chi connectivity index (χ2n) is 3.58. The van der Waals surface area contributed by atoms with E-state index in [1.165, 1.54) is 13.0 Å². The van der Waals surface area contributed by atoms with Gasteiger partial charge in [-0.15, -0.1) is 0 Å². The number of hydrogen-bond donors (Lipinski definition) is 2. The molecule has 6 nitrogen and oxygen atoms in total. The second kappa shape index (κ2) is 5.13. The van der Waals surface area contributed by atoms with Crippen LogP contribution in [0.5, 0.6) is 0 Å². The van der Waals surface area contributed by atoms with Crippen LogP contribution in [0, 0.1) is 17.0 Å². The Bertz CT molecular complexity index is 476. The van der Waals surface area contributed by atoms with E-state index in [1.54, 1.807) is 13.0 Å². The third kappa shape index (κ3) is 3.16. The van der Waals surface area contributed by atoms with E-state index in [4.69, 9.17) is 5.11 Å². The normalized spacial score (nSPS) is 11.9. The predicted molar refractivity (Wildman–Crippen MR) is 66.3 cm³/mol. The van der Waals surface area contributed by atoms with Crippen molar-refractivity contribution in [1.82, 2.24) is 0 Å². The average Bonchev–Trinajstić information content (AvgIpc) is 2.22. The summed E-state index contributed by atoms with van der Waals surface area (Å²) in [5, 5.41) is 22.2. The molecule has 17 heavy (non-hydrogen) atoms. The Morgan fingerprint density at radius 3 is 2.65 bits per heavy atom. The molecular weight excluding hydrogens is 292 g/mol. The van der Waals surface area contributed by atoms with Crippen LogP contribution in [0.4, 0.5) is 11.4 Å². The largest absolute Gasteiger partial charge is 0.480 e. The molecule has 1 atom stereocenters. The van der Waals surface area contributed by atoms with Crippen LogP contribution in [0.2, 0.25) is 0 Å². The topological polar surface area (TPSA) is 92.5 Å². The van der Waals surface area contributed by atoms with E-state index in [-0.39, 0.29) is 5.69 Å². The van der Waals surface area contributed by atoms with E-state index in [0.29, 0.717) is 15.7 Å². The van der Waals surface area contributed by atoms with Crippen molar-refractivity contribution >= 4 is 33.3 Å². The van der Waals surface area contributed by atoms with Gasteiger partial charge in [-0.1, -0.05) is 0 Å². The molecule has 0 aliphatic carbocycles. The van der Waals surface area contributed by atoms with Crippen LogP contribution < -0.4 is 5.32 Å². The Hall–Kier alpha value is -1.63. The third-order valence-corrected chi connectivity index (χ3v) is 2.88. The third-order valence-electron chi connectivity index (χ3n) is 2.22. The Morgan fingerprint density at radius 1 is 1.59 bits per heavy atom. The van der Waals surface area contributed by atoms with Crippen molar-refractivity contribution in [2.24, 2.45) is 0 Å². The molecule has 0 fully saturated rings. The van der Waals surface area contributed by atoms with E-state index >= 15 is 0 Å². The number of nitro groups is 1. The van der Waals surface area contributed by atoms with Crippen LogP contribution in [-0.2, 0) is 4.79 Å². The van der Waals surface area contributed by atoms with Crippen molar-refractivity contribution in [2.75, 3.05) is 5.32 Å². The number of rotatable bonds is 4. The molecule has 0 bridgehead atoms. The van der Waals surface area contributed by atoms with Crippen molar-refractivity contribution in [3.05, 3.63) is 32.3 Å². The maximum Gasteiger partial charge on any atom is 0.325 e. The van der Waals surface area contributed by atoms with E-state index < -0.39 is 16.9 Å². The first kappa shape index (κ1) is 13.4. The average molecular weight is 303 g/mol. The minimum atomic E-state index is -0.993. The van der Waals surface area contributed by atoms with Gasteiger partial charge in [-0.05, 0) is 35.8 Å². The number of aliphatic carboxylic acids is 1. The van der Waals surface area contributed by atoms with Crippen LogP contribution in [0.25, 0.3) is 0 Å². The van der Waals surface area contributed by atoms with Gasteiger partial charge in [0.15, 0.2) is 0 Å². The highest BCUT2D eigenvalue weighted by Gasteiger charge is 2.17. The van der Waals surface area contributed by atoms with Gasteiger partial charge in [0.2, 0.25) is 0 Å². The van der Waals surface area contributed by atoms with Crippen molar-refractivity contribution in [3.8, 4) is 0 Å². The van der Waals surface area contributed by atoms with Gasteiger partial charge in [0.1, 0.15) is 6.04 Å². The molecule has 0 radical (unpaired) electrons. The summed E-state index contributed by atoms with van der Waals surface area (Å²) in [6, 6.07) is 2.13. The summed E-state index contributed by atoms with van der Waals surface area (Å²) in [5.41, 5.74) is 0.978. The fourth-order valence-electron chi connectivity index (χ4n) is 1.27. The monoisotopic (exact) mass is 302 g/mol. The highest BCUT2D eigenvalue weighted by Crippen LogP contribution is 2.30. The summed E-state index contributed by atoms with van der Waals surface area (Å²) in [5.74, 6) is -0.993. The summed E-state index contributed by atoms with van der Waals surface area (Å²) in [6.45, 7) is 3.09. The van der Waals surface area contributed by atoms with Crippen LogP contribution in [-0.4, -0.2) is 22.0 Å². The molecule has 1 aromatic carbocycles. The molecule has 92 valence electrons. The molecular formula is C10H11BrN2O4. The first-order valence-corrected chi connectivity index (χ1v) is 5.56. The fraction of sp³-hybridized carbons (Fsp3) is 0.300. The lowest BCUT2D eigenvalue weighted by atomic mass is 10.1. The molecule has 0 aromatic heterocycles. The molecule has 0 saturated heterocycles. The first-order chi connectivity index (χ1) is 7.82. The van der Waals surface area contributed by atoms with Crippen molar-refractivity contribution < 1.29 is 14.8 Å². The molecule has 0 spiro atoms. The van der Waals surface area contributed by atoms with E-state index in [2.05, 4.69) is 21.2 Å². The van der Waals surface area contributed by atoms with E-state index in [0.717, 1.165) is 0 Å². The summed E-state index contributed by atoms with van der Waals surface area (Å²) >= 11 is 3.17. The minimum Gasteiger partial charge on any atom is -0.480 e. The standard InChI is InChI=1S/C10H11BrN2O4/c1-5-3-8(12-6(2)10(14)15)7(11)4-9(5)13(16)17/h3-4,6,12H,1-2H3,(H,14,15)/t6-/m1/s1. The highest BCUT2D eigenvalue weighted by molar-refractivity contribution is 9.10. The predicted octanol–water partition coefficient (Wildman–Crippen LogP) is 2.55. The SMILES string of the molecule is Cc1cc(N[C@H](C)C(=O)O)c(Br)cc1[N+](=O)[O-]. The zero-order chi connectivity index (χ0) is 13.2. The van der Waals surface area contributed by atoms with Crippen LogP contribution in [0.3, 0.4) is 0 Å². The van der Waals surface area contributed by atoms with Gasteiger partial charge in [0.25, 0.3) is 5.69 Å². The number of nitrogens with one attached hydrogen (secondary N) is 1. The molecule has 2 N–H and O–H groups in total. The second-order valence-corrected chi connectivity index (χ2v) is 4.43. The highest BCUT2D eigenvalue weighted by atomic mass is 79.9. The van der Waals surface area contributed by atoms with Crippen molar-refractivity contribution in [1.29, 1.82) is 0 Å². The molecule has 0 unspecified atom stereocenters. The molecule has 0 aliphatic rings. The number of benzene rings is 1. The van der Waals surface area contributed by atoms with Gasteiger partial charge in [0.05, 0.1) is 4.92 Å². The first-order valence-electron chi connectivity index (χ1n) is 4.76. The molecule has 0 amide bonds. The lowest BCUT2D eigenvalue weighted by molar-refractivity contribution is -0.385. The van der Waals surface area contributed by atoms with Gasteiger partial charge in [-0.3, -0.25) is 14.9 Å². The molecule has 7 heteroatoms. The van der Waals surface area contributed by atoms with Gasteiger partial charge < -0.3 is 10.4 Å². The maximum atomic E-state index is 10.7. The summed E-state index contributed by atoms with van der Waals surface area (Å²) in [4.78, 5) is 20.9. The van der Waals surface area contributed by atoms with E-state index in [1.807, 2.05) is 0 Å². The lowest BCUT2D eigenvalue weighted by Gasteiger charge is -2.13. The number of nitrogens with zero attached hydrogens (tertiary/aromatic N) is 1. The Morgan fingerprint density at radius 2 is 2.18 bits per heavy atom. The quantitative estimate of drug-likeness (QED) is 0.658. The summed E-state index contributed by atoms with van der Waals surface area (Å²) < 4.78 is 0.461. The van der Waals surface area contributed by atoms with E-state index in [9.17, 15) is 14.9 Å². The number of carboxylic acids is 1. The van der Waals surface area contributed by atoms with Crippen molar-refractivity contribution in [3.63, 3.8) is 0 Å². The number of carboxylic acid groups (broad SMARTS) is 1.